The third kappa shape index (κ3) is 2.43. The number of carbonyl (C=O) groups excluding carboxylic acids is 1. The fourth-order valence-corrected chi connectivity index (χ4v) is 3.88. The van der Waals surface area contributed by atoms with Gasteiger partial charge in [-0.2, -0.15) is 5.10 Å². The number of carbonyl (C=O) groups is 2. The van der Waals surface area contributed by atoms with E-state index in [0.717, 1.165) is 25.7 Å². The Kier molecular flexibility index (Phi) is 3.69. The molecule has 1 saturated heterocycles. The number of aryl methyl sites for hydroxylation is 1. The van der Waals surface area contributed by atoms with Gasteiger partial charge in [0.05, 0.1) is 0 Å². The maximum atomic E-state index is 12.9. The SMILES string of the molecule is Cn1nccc1C(=O)N1C(C(=O)O)CCC2CCCCC21. The molecule has 2 aliphatic rings. The van der Waals surface area contributed by atoms with Crippen LogP contribution in [0.5, 0.6) is 0 Å². The number of rotatable bonds is 2. The maximum absolute atomic E-state index is 12.9. The van der Waals surface area contributed by atoms with Crippen molar-refractivity contribution >= 4 is 11.9 Å². The van der Waals surface area contributed by atoms with E-state index in [1.165, 1.54) is 11.1 Å². The molecule has 1 aromatic heterocycles. The Balaban J connectivity index is 1.94. The number of likely N-dealkylation sites (tertiary alicyclic amines) is 1. The minimum Gasteiger partial charge on any atom is -0.480 e. The van der Waals surface area contributed by atoms with E-state index in [1.54, 1.807) is 24.2 Å². The van der Waals surface area contributed by atoms with Gasteiger partial charge in [0.1, 0.15) is 11.7 Å². The predicted molar refractivity (Wildman–Crippen MR) is 75.8 cm³/mol. The first-order chi connectivity index (χ1) is 10.1. The molecule has 2 fully saturated rings. The van der Waals surface area contributed by atoms with Gasteiger partial charge in [-0.15, -0.1) is 0 Å². The third-order valence-electron chi connectivity index (χ3n) is 4.93. The summed E-state index contributed by atoms with van der Waals surface area (Å²) in [5.74, 6) is -0.639. The van der Waals surface area contributed by atoms with E-state index >= 15 is 0 Å². The van der Waals surface area contributed by atoms with E-state index in [9.17, 15) is 14.7 Å². The van der Waals surface area contributed by atoms with Gasteiger partial charge in [0.25, 0.3) is 5.91 Å². The zero-order valence-corrected chi connectivity index (χ0v) is 12.2. The number of nitrogens with zero attached hydrogens (tertiary/aromatic N) is 3. The zero-order valence-electron chi connectivity index (χ0n) is 12.2. The third-order valence-corrected chi connectivity index (χ3v) is 4.93. The van der Waals surface area contributed by atoms with Gasteiger partial charge < -0.3 is 10.0 Å². The molecule has 1 saturated carbocycles. The van der Waals surface area contributed by atoms with Gasteiger partial charge in [0, 0.05) is 19.3 Å². The number of fused-ring (bicyclic) bond motifs is 1. The largest absolute Gasteiger partial charge is 0.480 e. The van der Waals surface area contributed by atoms with Gasteiger partial charge in [-0.3, -0.25) is 9.48 Å². The highest BCUT2D eigenvalue weighted by Gasteiger charge is 2.44. The normalized spacial score (nSPS) is 29.0. The zero-order chi connectivity index (χ0) is 15.0. The molecule has 1 aromatic rings. The van der Waals surface area contributed by atoms with Gasteiger partial charge in [-0.05, 0) is 37.7 Å². The van der Waals surface area contributed by atoms with Gasteiger partial charge in [-0.1, -0.05) is 12.8 Å². The second kappa shape index (κ2) is 5.50. The molecule has 3 rings (SSSR count). The average molecular weight is 291 g/mol. The molecular weight excluding hydrogens is 270 g/mol. The molecule has 6 nitrogen and oxygen atoms in total. The lowest BCUT2D eigenvalue weighted by Gasteiger charge is -2.47. The van der Waals surface area contributed by atoms with E-state index in [1.807, 2.05) is 0 Å². The first-order valence-corrected chi connectivity index (χ1v) is 7.63. The summed E-state index contributed by atoms with van der Waals surface area (Å²) >= 11 is 0. The number of aromatic nitrogens is 2. The van der Waals surface area contributed by atoms with Gasteiger partial charge in [0.2, 0.25) is 0 Å². The number of piperidine rings is 1. The van der Waals surface area contributed by atoms with E-state index in [4.69, 9.17) is 0 Å². The summed E-state index contributed by atoms with van der Waals surface area (Å²) in [6.07, 6.45) is 7.32. The second-order valence-corrected chi connectivity index (χ2v) is 6.10. The van der Waals surface area contributed by atoms with Crippen LogP contribution >= 0.6 is 0 Å². The van der Waals surface area contributed by atoms with Crippen molar-refractivity contribution in [3.63, 3.8) is 0 Å². The van der Waals surface area contributed by atoms with Crippen molar-refractivity contribution in [1.29, 1.82) is 0 Å². The van der Waals surface area contributed by atoms with Gasteiger partial charge in [0.15, 0.2) is 0 Å². The molecule has 6 heteroatoms. The van der Waals surface area contributed by atoms with Gasteiger partial charge >= 0.3 is 5.97 Å². The van der Waals surface area contributed by atoms with Crippen molar-refractivity contribution in [3.8, 4) is 0 Å². The standard InChI is InChI=1S/C15H21N3O3/c1-17-12(8-9-16-17)14(19)18-11-5-3-2-4-10(11)6-7-13(18)15(20)21/h8-11,13H,2-7H2,1H3,(H,20,21). The Labute approximate surface area is 123 Å². The summed E-state index contributed by atoms with van der Waals surface area (Å²) < 4.78 is 1.52. The number of carboxylic acid groups (broad SMARTS) is 1. The summed E-state index contributed by atoms with van der Waals surface area (Å²) in [6, 6.07) is 1.02. The van der Waals surface area contributed by atoms with Crippen LogP contribution in [0.2, 0.25) is 0 Å². The summed E-state index contributed by atoms with van der Waals surface area (Å²) in [7, 11) is 1.71. The molecule has 0 spiro atoms. The smallest absolute Gasteiger partial charge is 0.326 e. The molecule has 1 aliphatic heterocycles. The first kappa shape index (κ1) is 14.1. The van der Waals surface area contributed by atoms with Crippen LogP contribution in [0.3, 0.4) is 0 Å². The molecular formula is C15H21N3O3. The monoisotopic (exact) mass is 291 g/mol. The van der Waals surface area contributed by atoms with Crippen molar-refractivity contribution in [2.24, 2.45) is 13.0 Å². The van der Waals surface area contributed by atoms with Crippen molar-refractivity contribution in [2.45, 2.75) is 50.6 Å². The number of amides is 1. The lowest BCUT2D eigenvalue weighted by atomic mass is 9.76. The number of aliphatic carboxylic acids is 1. The Hall–Kier alpha value is -1.85. The Morgan fingerprint density at radius 1 is 1.24 bits per heavy atom. The molecule has 21 heavy (non-hydrogen) atoms. The summed E-state index contributed by atoms with van der Waals surface area (Å²) in [4.78, 5) is 26.1. The highest BCUT2D eigenvalue weighted by molar-refractivity contribution is 5.95. The fraction of sp³-hybridized carbons (Fsp3) is 0.667. The summed E-state index contributed by atoms with van der Waals surface area (Å²) in [6.45, 7) is 0. The number of carboxylic acids is 1. The Morgan fingerprint density at radius 2 is 2.00 bits per heavy atom. The average Bonchev–Trinajstić information content (AvgIpc) is 2.91. The van der Waals surface area contributed by atoms with Crippen LogP contribution < -0.4 is 0 Å². The van der Waals surface area contributed by atoms with Crippen molar-refractivity contribution in [2.75, 3.05) is 0 Å². The highest BCUT2D eigenvalue weighted by atomic mass is 16.4. The molecule has 1 aliphatic carbocycles. The summed E-state index contributed by atoms with van der Waals surface area (Å²) in [5.41, 5.74) is 0.465. The van der Waals surface area contributed by atoms with Crippen molar-refractivity contribution < 1.29 is 14.7 Å². The Morgan fingerprint density at radius 3 is 2.67 bits per heavy atom. The lowest BCUT2D eigenvalue weighted by molar-refractivity contribution is -0.146. The fourth-order valence-electron chi connectivity index (χ4n) is 3.88. The van der Waals surface area contributed by atoms with E-state index in [0.29, 0.717) is 18.0 Å². The molecule has 1 amide bonds. The van der Waals surface area contributed by atoms with Crippen LogP contribution in [-0.2, 0) is 11.8 Å². The van der Waals surface area contributed by atoms with Crippen LogP contribution in [0.25, 0.3) is 0 Å². The quantitative estimate of drug-likeness (QED) is 0.899. The molecule has 1 N–H and O–H groups in total. The Bertz CT molecular complexity index is 554. The molecule has 0 radical (unpaired) electrons. The molecule has 3 unspecified atom stereocenters. The van der Waals surface area contributed by atoms with Crippen LogP contribution in [0.15, 0.2) is 12.3 Å². The summed E-state index contributed by atoms with van der Waals surface area (Å²) in [5, 5.41) is 13.5. The predicted octanol–water partition coefficient (Wildman–Crippen LogP) is 1.67. The molecule has 0 bridgehead atoms. The van der Waals surface area contributed by atoms with E-state index < -0.39 is 12.0 Å². The van der Waals surface area contributed by atoms with Crippen molar-refractivity contribution in [1.82, 2.24) is 14.7 Å². The second-order valence-electron chi connectivity index (χ2n) is 6.10. The maximum Gasteiger partial charge on any atom is 0.326 e. The molecule has 2 heterocycles. The molecule has 3 atom stereocenters. The van der Waals surface area contributed by atoms with E-state index in [2.05, 4.69) is 5.10 Å². The van der Waals surface area contributed by atoms with Gasteiger partial charge in [-0.25, -0.2) is 4.79 Å². The number of hydrogen-bond acceptors (Lipinski definition) is 3. The van der Waals surface area contributed by atoms with E-state index in [-0.39, 0.29) is 11.9 Å². The topological polar surface area (TPSA) is 75.4 Å². The molecule has 114 valence electrons. The molecule has 0 aromatic carbocycles. The first-order valence-electron chi connectivity index (χ1n) is 7.63. The van der Waals surface area contributed by atoms with Crippen LogP contribution in [-0.4, -0.2) is 43.7 Å². The lowest BCUT2D eigenvalue weighted by Crippen LogP contribution is -2.57. The minimum atomic E-state index is -0.894. The highest BCUT2D eigenvalue weighted by Crippen LogP contribution is 2.38. The van der Waals surface area contributed by atoms with Crippen molar-refractivity contribution in [3.05, 3.63) is 18.0 Å². The van der Waals surface area contributed by atoms with Crippen LogP contribution in [0, 0.1) is 5.92 Å². The number of hydrogen-bond donors (Lipinski definition) is 1. The van der Waals surface area contributed by atoms with Crippen LogP contribution in [0.4, 0.5) is 0 Å². The minimum absolute atomic E-state index is 0.0657. The van der Waals surface area contributed by atoms with Crippen LogP contribution in [0.1, 0.15) is 49.0 Å².